The minimum Gasteiger partial charge on any atom is -0.489 e. The predicted molar refractivity (Wildman–Crippen MR) is 91.4 cm³/mol. The van der Waals surface area contributed by atoms with Crippen LogP contribution in [0.2, 0.25) is 0 Å². The third kappa shape index (κ3) is 5.76. The van der Waals surface area contributed by atoms with Gasteiger partial charge in [-0.05, 0) is 44.0 Å². The van der Waals surface area contributed by atoms with Crippen LogP contribution in [-0.2, 0) is 9.53 Å². The molecule has 2 rings (SSSR count). The molecule has 1 saturated heterocycles. The van der Waals surface area contributed by atoms with Crippen LogP contribution in [0.1, 0.15) is 19.8 Å². The van der Waals surface area contributed by atoms with Crippen molar-refractivity contribution < 1.29 is 14.3 Å². The zero-order chi connectivity index (χ0) is 15.2. The van der Waals surface area contributed by atoms with Gasteiger partial charge in [0.2, 0.25) is 5.91 Å². The van der Waals surface area contributed by atoms with E-state index in [0.717, 1.165) is 23.1 Å². The summed E-state index contributed by atoms with van der Waals surface area (Å²) < 4.78 is 12.3. The van der Waals surface area contributed by atoms with Gasteiger partial charge in [0, 0.05) is 11.0 Å². The first kappa shape index (κ1) is 19.2. The molecule has 0 radical (unpaired) electrons. The minimum atomic E-state index is -0.376. The molecule has 3 N–H and O–H groups in total. The molecule has 3 atom stereocenters. The monoisotopic (exact) mass is 392 g/mol. The van der Waals surface area contributed by atoms with Crippen LogP contribution in [0, 0.1) is 0 Å². The van der Waals surface area contributed by atoms with Gasteiger partial charge in [0.05, 0.1) is 12.6 Å². The summed E-state index contributed by atoms with van der Waals surface area (Å²) in [4.78, 5) is 12.0. The van der Waals surface area contributed by atoms with Crippen LogP contribution in [0.5, 0.6) is 5.75 Å². The molecule has 1 aliphatic rings. The molecule has 1 aliphatic heterocycles. The Kier molecular flexibility index (Phi) is 8.17. The average Bonchev–Trinajstić information content (AvgIpc) is 2.96. The molecule has 1 aromatic carbocycles. The van der Waals surface area contributed by atoms with Gasteiger partial charge in [-0.3, -0.25) is 4.79 Å². The summed E-state index contributed by atoms with van der Waals surface area (Å²) in [6.07, 6.45) is 1.10. The smallest absolute Gasteiger partial charge is 0.249 e. The van der Waals surface area contributed by atoms with E-state index in [1.807, 2.05) is 31.2 Å². The van der Waals surface area contributed by atoms with Gasteiger partial charge >= 0.3 is 0 Å². The van der Waals surface area contributed by atoms with E-state index < -0.39 is 0 Å². The van der Waals surface area contributed by atoms with Crippen molar-refractivity contribution >= 4 is 34.2 Å². The van der Waals surface area contributed by atoms with E-state index in [1.54, 1.807) is 0 Å². The first-order chi connectivity index (χ1) is 10.1. The summed E-state index contributed by atoms with van der Waals surface area (Å²) in [6.45, 7) is 2.83. The largest absolute Gasteiger partial charge is 0.489 e. The highest BCUT2D eigenvalue weighted by atomic mass is 79.9. The number of ether oxygens (including phenoxy) is 2. The van der Waals surface area contributed by atoms with Crippen LogP contribution in [0.4, 0.5) is 0 Å². The van der Waals surface area contributed by atoms with Crippen molar-refractivity contribution in [2.45, 2.75) is 38.1 Å². The van der Waals surface area contributed by atoms with Crippen molar-refractivity contribution in [3.63, 3.8) is 0 Å². The Morgan fingerprint density at radius 3 is 2.73 bits per heavy atom. The summed E-state index contributed by atoms with van der Waals surface area (Å²) in [6, 6.07) is 7.60. The lowest BCUT2D eigenvalue weighted by molar-refractivity contribution is -0.132. The Morgan fingerprint density at radius 2 is 2.14 bits per heavy atom. The highest BCUT2D eigenvalue weighted by molar-refractivity contribution is 9.10. The molecule has 0 aliphatic carbocycles. The van der Waals surface area contributed by atoms with Crippen LogP contribution in [0.25, 0.3) is 0 Å². The maximum absolute atomic E-state index is 12.0. The molecule has 1 unspecified atom stereocenters. The topological polar surface area (TPSA) is 73.6 Å². The number of hydrogen-bond donors (Lipinski definition) is 2. The normalized spacial score (nSPS) is 21.8. The van der Waals surface area contributed by atoms with Crippen LogP contribution >= 0.6 is 28.3 Å². The summed E-state index contributed by atoms with van der Waals surface area (Å²) in [5.74, 6) is 0.692. The maximum Gasteiger partial charge on any atom is 0.249 e. The van der Waals surface area contributed by atoms with Gasteiger partial charge in [0.15, 0.2) is 0 Å². The second-order valence-corrected chi connectivity index (χ2v) is 6.10. The summed E-state index contributed by atoms with van der Waals surface area (Å²) in [5, 5.41) is 2.86. The molecule has 22 heavy (non-hydrogen) atoms. The molecule has 1 fully saturated rings. The van der Waals surface area contributed by atoms with E-state index in [1.165, 1.54) is 0 Å². The van der Waals surface area contributed by atoms with Gasteiger partial charge < -0.3 is 20.5 Å². The Balaban J connectivity index is 0.00000242. The van der Waals surface area contributed by atoms with E-state index in [0.29, 0.717) is 13.1 Å². The molecular formula is C15H22BrClN2O3. The van der Waals surface area contributed by atoms with Gasteiger partial charge in [0.25, 0.3) is 0 Å². The lowest BCUT2D eigenvalue weighted by Gasteiger charge is -2.17. The first-order valence-corrected chi connectivity index (χ1v) is 7.93. The third-order valence-electron chi connectivity index (χ3n) is 3.38. The van der Waals surface area contributed by atoms with E-state index in [-0.39, 0.29) is 36.6 Å². The molecule has 7 heteroatoms. The molecular weight excluding hydrogens is 372 g/mol. The quantitative estimate of drug-likeness (QED) is 0.777. The van der Waals surface area contributed by atoms with Gasteiger partial charge in [-0.15, -0.1) is 12.4 Å². The number of nitrogens with two attached hydrogens (primary N) is 1. The van der Waals surface area contributed by atoms with E-state index in [2.05, 4.69) is 21.2 Å². The second kappa shape index (κ2) is 9.35. The molecule has 1 amide bonds. The fourth-order valence-corrected chi connectivity index (χ4v) is 2.48. The number of rotatable bonds is 6. The Hall–Kier alpha value is -0.820. The molecule has 1 heterocycles. The van der Waals surface area contributed by atoms with Crippen LogP contribution in [0.15, 0.2) is 28.7 Å². The Morgan fingerprint density at radius 1 is 1.45 bits per heavy atom. The van der Waals surface area contributed by atoms with E-state index >= 15 is 0 Å². The Bertz CT molecular complexity index is 472. The van der Waals surface area contributed by atoms with Crippen molar-refractivity contribution in [3.05, 3.63) is 28.7 Å². The lowest BCUT2D eigenvalue weighted by atomic mass is 10.2. The number of halogens is 2. The molecule has 0 aromatic heterocycles. The van der Waals surface area contributed by atoms with Crippen molar-refractivity contribution in [2.24, 2.45) is 5.73 Å². The molecule has 0 bridgehead atoms. The van der Waals surface area contributed by atoms with Gasteiger partial charge in [-0.2, -0.15) is 0 Å². The number of benzene rings is 1. The molecule has 0 spiro atoms. The predicted octanol–water partition coefficient (Wildman–Crippen LogP) is 2.26. The second-order valence-electron chi connectivity index (χ2n) is 5.19. The lowest BCUT2D eigenvalue weighted by Crippen LogP contribution is -2.40. The first-order valence-electron chi connectivity index (χ1n) is 7.14. The van der Waals surface area contributed by atoms with Crippen molar-refractivity contribution in [3.8, 4) is 5.75 Å². The number of hydrogen-bond acceptors (Lipinski definition) is 4. The number of carbonyl (C=O) groups is 1. The fraction of sp³-hybridized carbons (Fsp3) is 0.533. The van der Waals surface area contributed by atoms with Gasteiger partial charge in [-0.25, -0.2) is 0 Å². The zero-order valence-corrected chi connectivity index (χ0v) is 14.9. The van der Waals surface area contributed by atoms with E-state index in [9.17, 15) is 4.79 Å². The van der Waals surface area contributed by atoms with Gasteiger partial charge in [-0.1, -0.05) is 15.9 Å². The number of nitrogens with one attached hydrogen (secondary N) is 1. The van der Waals surface area contributed by atoms with E-state index in [4.69, 9.17) is 15.2 Å². The zero-order valence-electron chi connectivity index (χ0n) is 12.5. The summed E-state index contributed by atoms with van der Waals surface area (Å²) in [5.41, 5.74) is 5.53. The maximum atomic E-state index is 12.0. The van der Waals surface area contributed by atoms with Gasteiger partial charge in [0.1, 0.15) is 18.0 Å². The van der Waals surface area contributed by atoms with Crippen LogP contribution in [0.3, 0.4) is 0 Å². The van der Waals surface area contributed by atoms with Crippen molar-refractivity contribution in [1.82, 2.24) is 5.32 Å². The molecule has 1 aromatic rings. The number of carbonyl (C=O) groups excluding carboxylic acids is 1. The molecule has 124 valence electrons. The average molecular weight is 394 g/mol. The van der Waals surface area contributed by atoms with Crippen LogP contribution < -0.4 is 15.8 Å². The molecule has 0 saturated carbocycles. The van der Waals surface area contributed by atoms with Crippen molar-refractivity contribution in [2.75, 3.05) is 13.1 Å². The highest BCUT2D eigenvalue weighted by Gasteiger charge is 2.29. The van der Waals surface area contributed by atoms with Crippen molar-refractivity contribution in [1.29, 1.82) is 0 Å². The fourth-order valence-electron chi connectivity index (χ4n) is 2.22. The highest BCUT2D eigenvalue weighted by Crippen LogP contribution is 2.19. The third-order valence-corrected chi connectivity index (χ3v) is 3.91. The van der Waals surface area contributed by atoms with Crippen LogP contribution in [-0.4, -0.2) is 37.3 Å². The SMILES string of the molecule is CC(CNC(=O)[C@@H]1CC[C@H](CN)O1)Oc1ccc(Br)cc1.Cl. The molecule has 5 nitrogen and oxygen atoms in total. The number of amides is 1. The Labute approximate surface area is 145 Å². The minimum absolute atomic E-state index is 0. The summed E-state index contributed by atoms with van der Waals surface area (Å²) in [7, 11) is 0. The summed E-state index contributed by atoms with van der Waals surface area (Å²) >= 11 is 3.37. The standard InChI is InChI=1S/C15H21BrN2O3.ClH/c1-10(20-12-4-2-11(16)3-5-12)9-18-15(19)14-7-6-13(8-17)21-14;/h2-5,10,13-14H,6-9,17H2,1H3,(H,18,19);1H/t10?,13-,14+;/m1./s1.